The number of amides is 1. The Morgan fingerprint density at radius 2 is 1.83 bits per heavy atom. The number of carbonyl (C=O) groups is 1. The number of nitrogens with zero attached hydrogens (tertiary/aromatic N) is 5. The highest BCUT2D eigenvalue weighted by Crippen LogP contribution is 2.33. The summed E-state index contributed by atoms with van der Waals surface area (Å²) in [6.45, 7) is 7.49. The molecule has 2 aromatic heterocycles. The minimum absolute atomic E-state index is 0.229. The Balaban J connectivity index is 1.77. The minimum Gasteiger partial charge on any atom is -0.342 e. The predicted molar refractivity (Wildman–Crippen MR) is 92.2 cm³/mol. The summed E-state index contributed by atoms with van der Waals surface area (Å²) in [5.41, 5.74) is 2.61. The first-order chi connectivity index (χ1) is 11.4. The summed E-state index contributed by atoms with van der Waals surface area (Å²) in [6.07, 6.45) is 9.12. The van der Waals surface area contributed by atoms with Crippen LogP contribution >= 0.6 is 0 Å². The van der Waals surface area contributed by atoms with Crippen LogP contribution in [0.4, 0.5) is 0 Å². The average molecular weight is 327 g/mol. The van der Waals surface area contributed by atoms with Crippen molar-refractivity contribution in [2.24, 2.45) is 12.5 Å². The molecule has 6 heteroatoms. The zero-order valence-electron chi connectivity index (χ0n) is 14.9. The lowest BCUT2D eigenvalue weighted by atomic mass is 9.88. The van der Waals surface area contributed by atoms with Gasteiger partial charge in [-0.15, -0.1) is 0 Å². The standard InChI is InChI=1S/C18H25N5O/c1-18(2,3)17(24)23-9-5-13(6-10-23)15-16(20-8-7-19-15)14-11-21-22(4)12-14/h7-8,11-13H,5-6,9-10H2,1-4H3. The van der Waals surface area contributed by atoms with Gasteiger partial charge in [0.15, 0.2) is 0 Å². The molecule has 0 spiro atoms. The molecule has 1 amide bonds. The van der Waals surface area contributed by atoms with E-state index in [4.69, 9.17) is 0 Å². The first kappa shape index (κ1) is 16.6. The van der Waals surface area contributed by atoms with E-state index in [1.165, 1.54) is 0 Å². The van der Waals surface area contributed by atoms with Crippen molar-refractivity contribution < 1.29 is 4.79 Å². The zero-order valence-corrected chi connectivity index (χ0v) is 14.9. The molecule has 24 heavy (non-hydrogen) atoms. The van der Waals surface area contributed by atoms with E-state index in [0.717, 1.165) is 42.9 Å². The van der Waals surface area contributed by atoms with Gasteiger partial charge in [0.25, 0.3) is 0 Å². The maximum absolute atomic E-state index is 12.4. The topological polar surface area (TPSA) is 63.9 Å². The summed E-state index contributed by atoms with van der Waals surface area (Å²) >= 11 is 0. The molecule has 6 nitrogen and oxygen atoms in total. The zero-order chi connectivity index (χ0) is 17.3. The smallest absolute Gasteiger partial charge is 0.227 e. The highest BCUT2D eigenvalue weighted by Gasteiger charge is 2.32. The molecule has 0 radical (unpaired) electrons. The number of piperidine rings is 1. The van der Waals surface area contributed by atoms with Gasteiger partial charge in [-0.05, 0) is 12.8 Å². The Labute approximate surface area is 142 Å². The Hall–Kier alpha value is -2.24. The predicted octanol–water partition coefficient (Wildman–Crippen LogP) is 2.63. The summed E-state index contributed by atoms with van der Waals surface area (Å²) in [6, 6.07) is 0. The van der Waals surface area contributed by atoms with Gasteiger partial charge >= 0.3 is 0 Å². The Kier molecular flexibility index (Phi) is 4.39. The normalized spacial score (nSPS) is 16.4. The Morgan fingerprint density at radius 3 is 2.42 bits per heavy atom. The van der Waals surface area contributed by atoms with Gasteiger partial charge in [-0.1, -0.05) is 20.8 Å². The van der Waals surface area contributed by atoms with Crippen molar-refractivity contribution in [1.82, 2.24) is 24.6 Å². The summed E-state index contributed by atoms with van der Waals surface area (Å²) in [5.74, 6) is 0.561. The average Bonchev–Trinajstić information content (AvgIpc) is 3.00. The van der Waals surface area contributed by atoms with Gasteiger partial charge in [0.1, 0.15) is 0 Å². The second kappa shape index (κ2) is 6.34. The van der Waals surface area contributed by atoms with Gasteiger partial charge in [-0.25, -0.2) is 0 Å². The van der Waals surface area contributed by atoms with Crippen molar-refractivity contribution in [3.8, 4) is 11.3 Å². The molecular formula is C18H25N5O. The lowest BCUT2D eigenvalue weighted by molar-refractivity contribution is -0.140. The van der Waals surface area contributed by atoms with Crippen LogP contribution in [0, 0.1) is 5.41 Å². The van der Waals surface area contributed by atoms with Crippen molar-refractivity contribution in [3.05, 3.63) is 30.5 Å². The third-order valence-corrected chi connectivity index (χ3v) is 4.52. The molecule has 0 unspecified atom stereocenters. The van der Waals surface area contributed by atoms with E-state index in [2.05, 4.69) is 15.1 Å². The van der Waals surface area contributed by atoms with Crippen molar-refractivity contribution in [3.63, 3.8) is 0 Å². The monoisotopic (exact) mass is 327 g/mol. The molecule has 0 aliphatic carbocycles. The van der Waals surface area contributed by atoms with Crippen molar-refractivity contribution in [2.75, 3.05) is 13.1 Å². The molecule has 0 aromatic carbocycles. The number of carbonyl (C=O) groups excluding carboxylic acids is 1. The number of rotatable bonds is 2. The van der Waals surface area contributed by atoms with Gasteiger partial charge in [-0.3, -0.25) is 19.4 Å². The van der Waals surface area contributed by atoms with Gasteiger partial charge in [0, 0.05) is 55.6 Å². The second-order valence-electron chi connectivity index (χ2n) is 7.51. The van der Waals surface area contributed by atoms with Crippen molar-refractivity contribution in [1.29, 1.82) is 0 Å². The quantitative estimate of drug-likeness (QED) is 0.850. The summed E-state index contributed by atoms with van der Waals surface area (Å²) in [5, 5.41) is 4.24. The molecule has 1 fully saturated rings. The number of aromatic nitrogens is 4. The molecule has 1 aliphatic heterocycles. The van der Waals surface area contributed by atoms with Crippen LogP contribution in [0.2, 0.25) is 0 Å². The number of aryl methyl sites for hydroxylation is 1. The Morgan fingerprint density at radius 1 is 1.17 bits per heavy atom. The van der Waals surface area contributed by atoms with Gasteiger partial charge in [-0.2, -0.15) is 5.10 Å². The fraction of sp³-hybridized carbons (Fsp3) is 0.556. The lowest BCUT2D eigenvalue weighted by Crippen LogP contribution is -2.43. The van der Waals surface area contributed by atoms with E-state index in [0.29, 0.717) is 5.92 Å². The molecule has 2 aromatic rings. The second-order valence-corrected chi connectivity index (χ2v) is 7.51. The Bertz CT molecular complexity index is 723. The summed E-state index contributed by atoms with van der Waals surface area (Å²) < 4.78 is 1.78. The SMILES string of the molecule is Cn1cc(-c2nccnc2C2CCN(C(=O)C(C)(C)C)CC2)cn1. The lowest BCUT2D eigenvalue weighted by Gasteiger charge is -2.35. The van der Waals surface area contributed by atoms with Crippen LogP contribution in [0.25, 0.3) is 11.3 Å². The molecule has 0 atom stereocenters. The maximum Gasteiger partial charge on any atom is 0.227 e. The first-order valence-corrected chi connectivity index (χ1v) is 8.45. The minimum atomic E-state index is -0.319. The maximum atomic E-state index is 12.4. The molecule has 1 aliphatic rings. The fourth-order valence-electron chi connectivity index (χ4n) is 3.24. The highest BCUT2D eigenvalue weighted by atomic mass is 16.2. The third-order valence-electron chi connectivity index (χ3n) is 4.52. The van der Waals surface area contributed by atoms with Crippen LogP contribution in [-0.4, -0.2) is 43.6 Å². The molecular weight excluding hydrogens is 302 g/mol. The molecule has 0 saturated carbocycles. The largest absolute Gasteiger partial charge is 0.342 e. The van der Waals surface area contributed by atoms with Gasteiger partial charge < -0.3 is 4.90 Å². The van der Waals surface area contributed by atoms with Gasteiger partial charge in [0.2, 0.25) is 5.91 Å². The van der Waals surface area contributed by atoms with E-state index in [1.807, 2.05) is 45.1 Å². The van der Waals surface area contributed by atoms with Gasteiger partial charge in [0.05, 0.1) is 17.6 Å². The summed E-state index contributed by atoms with van der Waals surface area (Å²) in [7, 11) is 1.90. The van der Waals surface area contributed by atoms with Crippen LogP contribution in [0.3, 0.4) is 0 Å². The molecule has 0 N–H and O–H groups in total. The molecule has 3 rings (SSSR count). The molecule has 3 heterocycles. The van der Waals surface area contributed by atoms with Crippen LogP contribution in [-0.2, 0) is 11.8 Å². The van der Waals surface area contributed by atoms with Crippen molar-refractivity contribution >= 4 is 5.91 Å². The van der Waals surface area contributed by atoms with E-state index in [9.17, 15) is 4.79 Å². The van der Waals surface area contributed by atoms with Crippen LogP contribution < -0.4 is 0 Å². The van der Waals surface area contributed by atoms with E-state index in [1.54, 1.807) is 17.1 Å². The third kappa shape index (κ3) is 3.32. The first-order valence-electron chi connectivity index (χ1n) is 8.45. The molecule has 128 valence electrons. The van der Waals surface area contributed by atoms with E-state index >= 15 is 0 Å². The fourth-order valence-corrected chi connectivity index (χ4v) is 3.24. The molecule has 1 saturated heterocycles. The highest BCUT2D eigenvalue weighted by molar-refractivity contribution is 5.81. The number of hydrogen-bond acceptors (Lipinski definition) is 4. The van der Waals surface area contributed by atoms with Crippen LogP contribution in [0.1, 0.15) is 45.2 Å². The van der Waals surface area contributed by atoms with E-state index < -0.39 is 0 Å². The molecule has 0 bridgehead atoms. The summed E-state index contributed by atoms with van der Waals surface area (Å²) in [4.78, 5) is 23.6. The van der Waals surface area contributed by atoms with Crippen LogP contribution in [0.5, 0.6) is 0 Å². The number of likely N-dealkylation sites (tertiary alicyclic amines) is 1. The van der Waals surface area contributed by atoms with Crippen LogP contribution in [0.15, 0.2) is 24.8 Å². The number of hydrogen-bond donors (Lipinski definition) is 0. The van der Waals surface area contributed by atoms with E-state index in [-0.39, 0.29) is 11.3 Å². The van der Waals surface area contributed by atoms with Crippen molar-refractivity contribution in [2.45, 2.75) is 39.5 Å².